The van der Waals surface area contributed by atoms with E-state index in [9.17, 15) is 15.2 Å². The highest BCUT2D eigenvalue weighted by Gasteiger charge is 2.14. The molecule has 0 aliphatic heterocycles. The number of pyridine rings is 1. The average Bonchev–Trinajstić information content (AvgIpc) is 2.61. The van der Waals surface area contributed by atoms with Gasteiger partial charge < -0.3 is 16.6 Å². The van der Waals surface area contributed by atoms with Crippen LogP contribution in [0.25, 0.3) is 22.4 Å². The van der Waals surface area contributed by atoms with Gasteiger partial charge in [-0.2, -0.15) is 5.26 Å². The molecule has 2 aromatic carbocycles. The summed E-state index contributed by atoms with van der Waals surface area (Å²) < 4.78 is 0. The predicted octanol–water partition coefficient (Wildman–Crippen LogP) is 2.67. The summed E-state index contributed by atoms with van der Waals surface area (Å²) in [5.41, 5.74) is 14.5. The van der Waals surface area contributed by atoms with Crippen molar-refractivity contribution in [1.82, 2.24) is 4.98 Å². The van der Waals surface area contributed by atoms with E-state index in [1.807, 2.05) is 0 Å². The number of aromatic hydroxyl groups is 1. The number of nitrogens with zero attached hydrogens (tertiary/aromatic N) is 2. The number of hydrogen-bond donors (Lipinski definition) is 3. The highest BCUT2D eigenvalue weighted by Crippen LogP contribution is 2.31. The van der Waals surface area contributed by atoms with Gasteiger partial charge in [0.2, 0.25) is 5.91 Å². The van der Waals surface area contributed by atoms with Gasteiger partial charge in [0.1, 0.15) is 23.2 Å². The molecule has 0 fully saturated rings. The monoisotopic (exact) mass is 330 g/mol. The fraction of sp³-hybridized carbons (Fsp3) is 0. The summed E-state index contributed by atoms with van der Waals surface area (Å²) in [5.74, 6) is -0.263. The maximum Gasteiger partial charge on any atom is 0.248 e. The van der Waals surface area contributed by atoms with Crippen LogP contribution in [0.1, 0.15) is 15.9 Å². The van der Waals surface area contributed by atoms with Crippen molar-refractivity contribution in [2.24, 2.45) is 5.73 Å². The van der Waals surface area contributed by atoms with Gasteiger partial charge in [0.15, 0.2) is 0 Å². The lowest BCUT2D eigenvalue weighted by atomic mass is 9.97. The average molecular weight is 330 g/mol. The second-order valence-electron chi connectivity index (χ2n) is 5.42. The Bertz CT molecular complexity index is 988. The van der Waals surface area contributed by atoms with Crippen molar-refractivity contribution in [2.75, 3.05) is 5.73 Å². The Labute approximate surface area is 144 Å². The number of carbonyl (C=O) groups excluding carboxylic acids is 1. The standard InChI is InChI=1S/C19H14N4O2/c20-10-16-15(11-1-3-13(4-2-11)19(22)25)9-17(23-18(16)21)12-5-7-14(24)8-6-12/h1-9,24H,(H2,21,23)(H2,22,25). The number of nitriles is 1. The second kappa shape index (κ2) is 6.34. The van der Waals surface area contributed by atoms with Crippen LogP contribution in [0.15, 0.2) is 54.6 Å². The summed E-state index contributed by atoms with van der Waals surface area (Å²) in [6.45, 7) is 0. The van der Waals surface area contributed by atoms with Crippen LogP contribution < -0.4 is 11.5 Å². The molecule has 0 aliphatic rings. The normalized spacial score (nSPS) is 10.2. The topological polar surface area (TPSA) is 126 Å². The Kier molecular flexibility index (Phi) is 4.06. The third kappa shape index (κ3) is 3.12. The Balaban J connectivity index is 2.16. The lowest BCUT2D eigenvalue weighted by molar-refractivity contribution is 0.100. The van der Waals surface area contributed by atoms with Gasteiger partial charge in [-0.1, -0.05) is 12.1 Å². The highest BCUT2D eigenvalue weighted by atomic mass is 16.3. The van der Waals surface area contributed by atoms with Gasteiger partial charge in [-0.15, -0.1) is 0 Å². The van der Waals surface area contributed by atoms with Gasteiger partial charge in [0.05, 0.1) is 5.69 Å². The number of phenolic OH excluding ortho intramolecular Hbond substituents is 1. The number of carbonyl (C=O) groups is 1. The second-order valence-corrected chi connectivity index (χ2v) is 5.42. The zero-order valence-electron chi connectivity index (χ0n) is 13.1. The molecule has 0 saturated heterocycles. The molecule has 1 aromatic heterocycles. The van der Waals surface area contributed by atoms with Crippen LogP contribution in [-0.2, 0) is 0 Å². The number of primary amides is 1. The number of rotatable bonds is 3. The molecule has 0 saturated carbocycles. The molecular weight excluding hydrogens is 316 g/mol. The molecule has 0 aliphatic carbocycles. The minimum atomic E-state index is -0.522. The smallest absolute Gasteiger partial charge is 0.248 e. The lowest BCUT2D eigenvalue weighted by Crippen LogP contribution is -2.10. The zero-order chi connectivity index (χ0) is 18.0. The minimum absolute atomic E-state index is 0.113. The summed E-state index contributed by atoms with van der Waals surface area (Å²) in [6.07, 6.45) is 0. The van der Waals surface area contributed by atoms with Crippen LogP contribution >= 0.6 is 0 Å². The third-order valence-electron chi connectivity index (χ3n) is 3.80. The van der Waals surface area contributed by atoms with Gasteiger partial charge in [-0.25, -0.2) is 4.98 Å². The fourth-order valence-electron chi connectivity index (χ4n) is 2.50. The predicted molar refractivity (Wildman–Crippen MR) is 94.4 cm³/mol. The molecule has 0 spiro atoms. The SMILES string of the molecule is N#Cc1c(-c2ccc(C(N)=O)cc2)cc(-c2ccc(O)cc2)nc1N. The van der Waals surface area contributed by atoms with E-state index in [-0.39, 0.29) is 17.1 Å². The van der Waals surface area contributed by atoms with Crippen molar-refractivity contribution in [3.05, 3.63) is 65.7 Å². The lowest BCUT2D eigenvalue weighted by Gasteiger charge is -2.10. The molecule has 122 valence electrons. The van der Waals surface area contributed by atoms with Gasteiger partial charge in [0.25, 0.3) is 0 Å². The Hall–Kier alpha value is -3.85. The number of nitrogen functional groups attached to an aromatic ring is 1. The molecule has 5 N–H and O–H groups in total. The van der Waals surface area contributed by atoms with Crippen molar-refractivity contribution < 1.29 is 9.90 Å². The molecule has 0 radical (unpaired) electrons. The molecule has 1 amide bonds. The van der Waals surface area contributed by atoms with Gasteiger partial charge in [0, 0.05) is 16.7 Å². The van der Waals surface area contributed by atoms with E-state index >= 15 is 0 Å². The number of amides is 1. The first-order valence-electron chi connectivity index (χ1n) is 7.40. The number of phenols is 1. The van der Waals surface area contributed by atoms with E-state index in [0.29, 0.717) is 16.8 Å². The number of benzene rings is 2. The summed E-state index contributed by atoms with van der Waals surface area (Å²) in [6, 6.07) is 16.9. The van der Waals surface area contributed by atoms with E-state index in [4.69, 9.17) is 11.5 Å². The van der Waals surface area contributed by atoms with Gasteiger partial charge in [-0.05, 0) is 48.0 Å². The molecule has 3 rings (SSSR count). The largest absolute Gasteiger partial charge is 0.508 e. The van der Waals surface area contributed by atoms with Crippen molar-refractivity contribution in [3.8, 4) is 34.2 Å². The molecule has 25 heavy (non-hydrogen) atoms. The summed E-state index contributed by atoms with van der Waals surface area (Å²) in [7, 11) is 0. The molecule has 3 aromatic rings. The maximum absolute atomic E-state index is 11.2. The zero-order valence-corrected chi connectivity index (χ0v) is 13.1. The first-order chi connectivity index (χ1) is 12.0. The van der Waals surface area contributed by atoms with E-state index in [2.05, 4.69) is 11.1 Å². The van der Waals surface area contributed by atoms with Crippen LogP contribution in [0.2, 0.25) is 0 Å². The van der Waals surface area contributed by atoms with E-state index < -0.39 is 5.91 Å². The van der Waals surface area contributed by atoms with Crippen LogP contribution in [-0.4, -0.2) is 16.0 Å². The van der Waals surface area contributed by atoms with E-state index in [0.717, 1.165) is 11.1 Å². The van der Waals surface area contributed by atoms with Crippen LogP contribution in [0.4, 0.5) is 5.82 Å². The summed E-state index contributed by atoms with van der Waals surface area (Å²) in [5, 5.41) is 18.8. The van der Waals surface area contributed by atoms with Gasteiger partial charge in [-0.3, -0.25) is 4.79 Å². The maximum atomic E-state index is 11.2. The van der Waals surface area contributed by atoms with Crippen molar-refractivity contribution in [2.45, 2.75) is 0 Å². The Morgan fingerprint density at radius 1 is 1.04 bits per heavy atom. The first-order valence-corrected chi connectivity index (χ1v) is 7.40. The number of aromatic nitrogens is 1. The molecule has 1 heterocycles. The number of anilines is 1. The quantitative estimate of drug-likeness (QED) is 0.680. The summed E-state index contributed by atoms with van der Waals surface area (Å²) in [4.78, 5) is 15.5. The van der Waals surface area contributed by atoms with Crippen LogP contribution in [0.3, 0.4) is 0 Å². The molecule has 6 heteroatoms. The van der Waals surface area contributed by atoms with Crippen LogP contribution in [0, 0.1) is 11.3 Å². The molecule has 0 bridgehead atoms. The highest BCUT2D eigenvalue weighted by molar-refractivity contribution is 5.93. The number of hydrogen-bond acceptors (Lipinski definition) is 5. The van der Waals surface area contributed by atoms with Gasteiger partial charge >= 0.3 is 0 Å². The van der Waals surface area contributed by atoms with Crippen LogP contribution in [0.5, 0.6) is 5.75 Å². The first kappa shape index (κ1) is 16.0. The van der Waals surface area contributed by atoms with E-state index in [1.165, 1.54) is 0 Å². The third-order valence-corrected chi connectivity index (χ3v) is 3.80. The molecule has 0 atom stereocenters. The van der Waals surface area contributed by atoms with E-state index in [1.54, 1.807) is 54.6 Å². The van der Waals surface area contributed by atoms with Crippen molar-refractivity contribution in [1.29, 1.82) is 5.26 Å². The minimum Gasteiger partial charge on any atom is -0.508 e. The fourth-order valence-corrected chi connectivity index (χ4v) is 2.50. The van der Waals surface area contributed by atoms with Crippen molar-refractivity contribution >= 4 is 11.7 Å². The molecule has 0 unspecified atom stereocenters. The molecular formula is C19H14N4O2. The van der Waals surface area contributed by atoms with Crippen molar-refractivity contribution in [3.63, 3.8) is 0 Å². The Morgan fingerprint density at radius 3 is 2.20 bits per heavy atom. The molecule has 6 nitrogen and oxygen atoms in total. The summed E-state index contributed by atoms with van der Waals surface area (Å²) >= 11 is 0. The Morgan fingerprint density at radius 2 is 1.64 bits per heavy atom. The number of nitrogens with two attached hydrogens (primary N) is 2.